The van der Waals surface area contributed by atoms with Crippen LogP contribution in [0.15, 0.2) is 31.9 Å². The predicted octanol–water partition coefficient (Wildman–Crippen LogP) is 2.21. The second-order valence-electron chi connectivity index (χ2n) is 5.36. The molecule has 3 rings (SSSR count). The zero-order chi connectivity index (χ0) is 17.3. The number of oxazole rings is 1. The molecule has 0 saturated carbocycles. The van der Waals surface area contributed by atoms with Crippen LogP contribution >= 0.6 is 11.6 Å². The number of carbonyl (C=O) groups excluding carboxylic acids is 1. The van der Waals surface area contributed by atoms with Crippen LogP contribution in [-0.2, 0) is 6.54 Å². The summed E-state index contributed by atoms with van der Waals surface area (Å²) in [6, 6.07) is 4.84. The zero-order valence-electron chi connectivity index (χ0n) is 13.1. The molecule has 1 N–H and O–H groups in total. The van der Waals surface area contributed by atoms with E-state index in [9.17, 15) is 9.59 Å². The Balaban J connectivity index is 1.85. The van der Waals surface area contributed by atoms with Crippen LogP contribution in [0.4, 0.5) is 0 Å². The molecule has 2 aromatic heterocycles. The first-order chi connectivity index (χ1) is 11.5. The van der Waals surface area contributed by atoms with Crippen molar-refractivity contribution < 1.29 is 13.7 Å². The lowest BCUT2D eigenvalue weighted by atomic mass is 10.2. The molecule has 0 unspecified atom stereocenters. The van der Waals surface area contributed by atoms with E-state index in [1.807, 2.05) is 13.8 Å². The smallest absolute Gasteiger partial charge is 0.408 e. The fraction of sp³-hybridized carbons (Fsp3) is 0.333. The first-order valence-corrected chi connectivity index (χ1v) is 7.78. The molecule has 0 aliphatic carbocycles. The van der Waals surface area contributed by atoms with Crippen molar-refractivity contribution >= 4 is 28.6 Å². The van der Waals surface area contributed by atoms with E-state index in [0.717, 1.165) is 6.42 Å². The number of benzene rings is 1. The highest BCUT2D eigenvalue weighted by atomic mass is 35.5. The summed E-state index contributed by atoms with van der Waals surface area (Å²) in [5, 5.41) is 6.93. The topological polar surface area (TPSA) is 103 Å². The number of hydrogen-bond acceptors (Lipinski definition) is 6. The summed E-state index contributed by atoms with van der Waals surface area (Å²) in [4.78, 5) is 27.9. The van der Waals surface area contributed by atoms with Crippen LogP contribution in [-0.4, -0.2) is 26.7 Å². The van der Waals surface area contributed by atoms with Crippen LogP contribution in [0.2, 0.25) is 5.02 Å². The van der Waals surface area contributed by atoms with Gasteiger partial charge in [-0.05, 0) is 31.5 Å². The largest absolute Gasteiger partial charge is 0.420 e. The molecule has 0 radical (unpaired) electrons. The van der Waals surface area contributed by atoms with E-state index in [-0.39, 0.29) is 24.3 Å². The molecule has 0 saturated heterocycles. The molecular formula is C15H15ClN4O4. The molecule has 24 heavy (non-hydrogen) atoms. The molecule has 2 heterocycles. The van der Waals surface area contributed by atoms with Crippen LogP contribution in [0, 0.1) is 0 Å². The Labute approximate surface area is 141 Å². The molecule has 0 spiro atoms. The standard InChI is InChI=1S/C15H15ClN4O4/c1-3-8(2)17-13(21)14-18-12(19-24-14)7-20-10-6-9(16)4-5-11(10)23-15(20)22/h4-6,8H,3,7H2,1-2H3,(H,17,21)/t8-/m0/s1. The van der Waals surface area contributed by atoms with Gasteiger partial charge in [0.2, 0.25) is 0 Å². The third-order valence-corrected chi connectivity index (χ3v) is 3.82. The lowest BCUT2D eigenvalue weighted by Crippen LogP contribution is -2.32. The van der Waals surface area contributed by atoms with Gasteiger partial charge in [0.05, 0.1) is 12.1 Å². The average molecular weight is 351 g/mol. The third-order valence-electron chi connectivity index (χ3n) is 3.58. The Kier molecular flexibility index (Phi) is 4.39. The van der Waals surface area contributed by atoms with Crippen molar-refractivity contribution in [1.82, 2.24) is 20.0 Å². The Bertz CT molecular complexity index is 942. The molecule has 0 aliphatic rings. The molecular weight excluding hydrogens is 336 g/mol. The van der Waals surface area contributed by atoms with Gasteiger partial charge in [0.25, 0.3) is 0 Å². The highest BCUT2D eigenvalue weighted by Crippen LogP contribution is 2.18. The van der Waals surface area contributed by atoms with E-state index in [2.05, 4.69) is 15.5 Å². The minimum Gasteiger partial charge on any atom is -0.408 e. The zero-order valence-corrected chi connectivity index (χ0v) is 13.8. The van der Waals surface area contributed by atoms with Gasteiger partial charge in [-0.1, -0.05) is 23.7 Å². The number of nitrogens with one attached hydrogen (secondary N) is 1. The minimum absolute atomic E-state index is 0.00423. The second kappa shape index (κ2) is 6.48. The van der Waals surface area contributed by atoms with Gasteiger partial charge in [0.15, 0.2) is 11.4 Å². The summed E-state index contributed by atoms with van der Waals surface area (Å²) in [7, 11) is 0. The first-order valence-electron chi connectivity index (χ1n) is 7.40. The maximum Gasteiger partial charge on any atom is 0.420 e. The SMILES string of the molecule is CC[C@H](C)NC(=O)c1nc(Cn2c(=O)oc3ccc(Cl)cc32)no1. The lowest BCUT2D eigenvalue weighted by Gasteiger charge is -2.07. The van der Waals surface area contributed by atoms with Gasteiger partial charge in [0, 0.05) is 11.1 Å². The van der Waals surface area contributed by atoms with E-state index >= 15 is 0 Å². The Morgan fingerprint density at radius 2 is 2.25 bits per heavy atom. The van der Waals surface area contributed by atoms with Crippen LogP contribution in [0.25, 0.3) is 11.1 Å². The number of fused-ring (bicyclic) bond motifs is 1. The molecule has 126 valence electrons. The summed E-state index contributed by atoms with van der Waals surface area (Å²) in [6.07, 6.45) is 0.782. The number of hydrogen-bond donors (Lipinski definition) is 1. The number of aromatic nitrogens is 3. The van der Waals surface area contributed by atoms with E-state index in [1.165, 1.54) is 4.57 Å². The van der Waals surface area contributed by atoms with Crippen LogP contribution in [0.5, 0.6) is 0 Å². The van der Waals surface area contributed by atoms with Crippen LogP contribution < -0.4 is 11.1 Å². The molecule has 0 bridgehead atoms. The fourth-order valence-electron chi connectivity index (χ4n) is 2.12. The molecule has 1 atom stereocenters. The number of carbonyl (C=O) groups is 1. The van der Waals surface area contributed by atoms with Gasteiger partial charge >= 0.3 is 17.6 Å². The number of amides is 1. The Hall–Kier alpha value is -2.61. The predicted molar refractivity (Wildman–Crippen MR) is 86.1 cm³/mol. The van der Waals surface area contributed by atoms with E-state index < -0.39 is 11.7 Å². The van der Waals surface area contributed by atoms with Gasteiger partial charge in [-0.3, -0.25) is 9.36 Å². The second-order valence-corrected chi connectivity index (χ2v) is 5.80. The molecule has 8 nitrogen and oxygen atoms in total. The lowest BCUT2D eigenvalue weighted by molar-refractivity contribution is 0.0895. The van der Waals surface area contributed by atoms with Crippen LogP contribution in [0.1, 0.15) is 36.8 Å². The molecule has 0 fully saturated rings. The van der Waals surface area contributed by atoms with Crippen molar-refractivity contribution in [2.24, 2.45) is 0 Å². The van der Waals surface area contributed by atoms with E-state index in [4.69, 9.17) is 20.5 Å². The van der Waals surface area contributed by atoms with Gasteiger partial charge in [-0.15, -0.1) is 0 Å². The quantitative estimate of drug-likeness (QED) is 0.756. The van der Waals surface area contributed by atoms with Crippen molar-refractivity contribution in [1.29, 1.82) is 0 Å². The minimum atomic E-state index is -0.567. The molecule has 3 aromatic rings. The summed E-state index contributed by atoms with van der Waals surface area (Å²) in [5.74, 6) is -0.975. The molecule has 9 heteroatoms. The van der Waals surface area contributed by atoms with Crippen molar-refractivity contribution in [3.8, 4) is 0 Å². The van der Waals surface area contributed by atoms with Gasteiger partial charge in [-0.25, -0.2) is 4.79 Å². The van der Waals surface area contributed by atoms with Gasteiger partial charge in [-0.2, -0.15) is 4.98 Å². The summed E-state index contributed by atoms with van der Waals surface area (Å²) in [5.41, 5.74) is 0.922. The van der Waals surface area contributed by atoms with Gasteiger partial charge < -0.3 is 14.3 Å². The normalized spacial score (nSPS) is 12.5. The average Bonchev–Trinajstić information content (AvgIpc) is 3.13. The van der Waals surface area contributed by atoms with Gasteiger partial charge in [0.1, 0.15) is 0 Å². The number of rotatable bonds is 5. The van der Waals surface area contributed by atoms with Crippen molar-refractivity contribution in [3.63, 3.8) is 0 Å². The monoisotopic (exact) mass is 350 g/mol. The van der Waals surface area contributed by atoms with Crippen LogP contribution in [0.3, 0.4) is 0 Å². The van der Waals surface area contributed by atoms with E-state index in [0.29, 0.717) is 16.1 Å². The molecule has 0 aliphatic heterocycles. The summed E-state index contributed by atoms with van der Waals surface area (Å²) < 4.78 is 11.4. The number of nitrogens with zero attached hydrogens (tertiary/aromatic N) is 3. The fourth-order valence-corrected chi connectivity index (χ4v) is 2.29. The maximum absolute atomic E-state index is 12.0. The number of halogens is 1. The van der Waals surface area contributed by atoms with E-state index in [1.54, 1.807) is 18.2 Å². The Morgan fingerprint density at radius 1 is 1.46 bits per heavy atom. The molecule has 1 aromatic carbocycles. The third kappa shape index (κ3) is 3.18. The first kappa shape index (κ1) is 16.3. The summed E-state index contributed by atoms with van der Waals surface area (Å²) in [6.45, 7) is 3.83. The highest BCUT2D eigenvalue weighted by Gasteiger charge is 2.18. The van der Waals surface area contributed by atoms with Crippen molar-refractivity contribution in [2.45, 2.75) is 32.9 Å². The summed E-state index contributed by atoms with van der Waals surface area (Å²) >= 11 is 5.95. The maximum atomic E-state index is 12.0. The van der Waals surface area contributed by atoms with Crippen molar-refractivity contribution in [2.75, 3.05) is 0 Å². The Morgan fingerprint density at radius 3 is 3.00 bits per heavy atom. The van der Waals surface area contributed by atoms with Crippen molar-refractivity contribution in [3.05, 3.63) is 45.5 Å². The highest BCUT2D eigenvalue weighted by molar-refractivity contribution is 6.31. The molecule has 1 amide bonds.